The molecule has 0 aromatic heterocycles. The van der Waals surface area contributed by atoms with E-state index < -0.39 is 0 Å². The first kappa shape index (κ1) is 13.4. The lowest BCUT2D eigenvalue weighted by atomic mass is 10.1. The molecule has 1 aliphatic rings. The molecule has 0 radical (unpaired) electrons. The molecule has 0 amide bonds. The zero-order valence-corrected chi connectivity index (χ0v) is 11.8. The van der Waals surface area contributed by atoms with Crippen LogP contribution in [-0.2, 0) is 4.79 Å². The third-order valence-electron chi connectivity index (χ3n) is 2.74. The van der Waals surface area contributed by atoms with Crippen LogP contribution in [-0.4, -0.2) is 25.2 Å². The van der Waals surface area contributed by atoms with Crippen LogP contribution in [0.15, 0.2) is 22.7 Å². The molecule has 0 unspecified atom stereocenters. The molecule has 1 fully saturated rings. The van der Waals surface area contributed by atoms with Crippen molar-refractivity contribution in [3.63, 3.8) is 0 Å². The van der Waals surface area contributed by atoms with Crippen molar-refractivity contribution < 1.29 is 14.3 Å². The molecular formula is C13H16BrNO3. The molecule has 0 atom stereocenters. The van der Waals surface area contributed by atoms with Crippen LogP contribution >= 0.6 is 15.9 Å². The highest BCUT2D eigenvalue weighted by atomic mass is 79.9. The Labute approximate surface area is 115 Å². The molecule has 5 heteroatoms. The SMILES string of the molecule is CC(=O)Oc1ccc(OC2CCNCC2)c(Br)c1. The number of nitrogens with one attached hydrogen (secondary N) is 1. The molecule has 1 aromatic carbocycles. The van der Waals surface area contributed by atoms with E-state index in [1.165, 1.54) is 6.92 Å². The first-order chi connectivity index (χ1) is 8.65. The van der Waals surface area contributed by atoms with Crippen molar-refractivity contribution >= 4 is 21.9 Å². The number of carbonyl (C=O) groups is 1. The first-order valence-electron chi connectivity index (χ1n) is 6.00. The molecule has 0 saturated carbocycles. The summed E-state index contributed by atoms with van der Waals surface area (Å²) in [6.07, 6.45) is 2.28. The second kappa shape index (κ2) is 6.20. The van der Waals surface area contributed by atoms with E-state index in [2.05, 4.69) is 21.2 Å². The summed E-state index contributed by atoms with van der Waals surface area (Å²) in [6, 6.07) is 5.31. The van der Waals surface area contributed by atoms with E-state index in [-0.39, 0.29) is 12.1 Å². The summed E-state index contributed by atoms with van der Waals surface area (Å²) in [5.41, 5.74) is 0. The number of ether oxygens (including phenoxy) is 2. The average molecular weight is 314 g/mol. The van der Waals surface area contributed by atoms with Gasteiger partial charge in [-0.3, -0.25) is 4.79 Å². The van der Waals surface area contributed by atoms with Gasteiger partial charge in [0.25, 0.3) is 0 Å². The smallest absolute Gasteiger partial charge is 0.308 e. The second-order valence-electron chi connectivity index (χ2n) is 4.25. The summed E-state index contributed by atoms with van der Waals surface area (Å²) in [5, 5.41) is 3.30. The summed E-state index contributed by atoms with van der Waals surface area (Å²) < 4.78 is 11.7. The van der Waals surface area contributed by atoms with Crippen LogP contribution in [0.2, 0.25) is 0 Å². The van der Waals surface area contributed by atoms with Crippen molar-refractivity contribution in [2.75, 3.05) is 13.1 Å². The van der Waals surface area contributed by atoms with Gasteiger partial charge in [0.15, 0.2) is 0 Å². The number of benzene rings is 1. The minimum absolute atomic E-state index is 0.252. The minimum atomic E-state index is -0.325. The van der Waals surface area contributed by atoms with Crippen molar-refractivity contribution in [3.8, 4) is 11.5 Å². The summed E-state index contributed by atoms with van der Waals surface area (Å²) in [6.45, 7) is 3.37. The number of piperidine rings is 1. The molecular weight excluding hydrogens is 298 g/mol. The molecule has 98 valence electrons. The van der Waals surface area contributed by atoms with Gasteiger partial charge in [0, 0.05) is 6.92 Å². The summed E-state index contributed by atoms with van der Waals surface area (Å²) in [7, 11) is 0. The van der Waals surface area contributed by atoms with Crippen LogP contribution < -0.4 is 14.8 Å². The van der Waals surface area contributed by atoms with Crippen molar-refractivity contribution in [1.82, 2.24) is 5.32 Å². The van der Waals surface area contributed by atoms with Crippen molar-refractivity contribution in [3.05, 3.63) is 22.7 Å². The molecule has 1 saturated heterocycles. The van der Waals surface area contributed by atoms with E-state index in [4.69, 9.17) is 9.47 Å². The Morgan fingerprint density at radius 1 is 1.39 bits per heavy atom. The number of rotatable bonds is 3. The van der Waals surface area contributed by atoms with Gasteiger partial charge in [0.2, 0.25) is 0 Å². The molecule has 0 aliphatic carbocycles. The predicted molar refractivity (Wildman–Crippen MR) is 72.0 cm³/mol. The van der Waals surface area contributed by atoms with E-state index in [1.54, 1.807) is 12.1 Å². The van der Waals surface area contributed by atoms with E-state index in [9.17, 15) is 4.79 Å². The Morgan fingerprint density at radius 2 is 2.11 bits per heavy atom. The van der Waals surface area contributed by atoms with Crippen molar-refractivity contribution in [2.24, 2.45) is 0 Å². The van der Waals surface area contributed by atoms with Crippen molar-refractivity contribution in [2.45, 2.75) is 25.9 Å². The Bertz CT molecular complexity index is 430. The van der Waals surface area contributed by atoms with Crippen LogP contribution in [0.1, 0.15) is 19.8 Å². The lowest BCUT2D eigenvalue weighted by Crippen LogP contribution is -2.34. The largest absolute Gasteiger partial charge is 0.489 e. The van der Waals surface area contributed by atoms with Gasteiger partial charge in [-0.25, -0.2) is 0 Å². The van der Waals surface area contributed by atoms with E-state index in [0.29, 0.717) is 5.75 Å². The van der Waals surface area contributed by atoms with E-state index in [1.807, 2.05) is 6.07 Å². The zero-order valence-electron chi connectivity index (χ0n) is 10.2. The molecule has 1 heterocycles. The fourth-order valence-corrected chi connectivity index (χ4v) is 2.35. The van der Waals surface area contributed by atoms with Crippen LogP contribution in [0.25, 0.3) is 0 Å². The normalized spacial score (nSPS) is 16.3. The molecule has 1 aromatic rings. The number of carbonyl (C=O) groups excluding carboxylic acids is 1. The third kappa shape index (κ3) is 3.71. The summed E-state index contributed by atoms with van der Waals surface area (Å²) in [5.74, 6) is 0.985. The van der Waals surface area contributed by atoms with Gasteiger partial charge in [0.1, 0.15) is 17.6 Å². The zero-order chi connectivity index (χ0) is 13.0. The van der Waals surface area contributed by atoms with Gasteiger partial charge in [-0.2, -0.15) is 0 Å². The quantitative estimate of drug-likeness (QED) is 0.688. The van der Waals surface area contributed by atoms with Gasteiger partial charge >= 0.3 is 5.97 Å². The van der Waals surface area contributed by atoms with Crippen LogP contribution in [0.3, 0.4) is 0 Å². The number of halogens is 1. The Morgan fingerprint density at radius 3 is 2.72 bits per heavy atom. The summed E-state index contributed by atoms with van der Waals surface area (Å²) >= 11 is 3.43. The monoisotopic (exact) mass is 313 g/mol. The standard InChI is InChI=1S/C13H16BrNO3/c1-9(16)17-11-2-3-13(12(14)8-11)18-10-4-6-15-7-5-10/h2-3,8,10,15H,4-7H2,1H3. The van der Waals surface area contributed by atoms with E-state index in [0.717, 1.165) is 36.2 Å². The maximum Gasteiger partial charge on any atom is 0.308 e. The number of esters is 1. The van der Waals surface area contributed by atoms with Crippen LogP contribution in [0, 0.1) is 0 Å². The highest BCUT2D eigenvalue weighted by molar-refractivity contribution is 9.10. The van der Waals surface area contributed by atoms with Gasteiger partial charge in [0.05, 0.1) is 4.47 Å². The predicted octanol–water partition coefficient (Wildman–Crippen LogP) is 2.51. The Hall–Kier alpha value is -1.07. The Kier molecular flexibility index (Phi) is 4.60. The maximum atomic E-state index is 10.9. The molecule has 18 heavy (non-hydrogen) atoms. The fraction of sp³-hybridized carbons (Fsp3) is 0.462. The fourth-order valence-electron chi connectivity index (χ4n) is 1.90. The van der Waals surface area contributed by atoms with Gasteiger partial charge < -0.3 is 14.8 Å². The summed E-state index contributed by atoms with van der Waals surface area (Å²) in [4.78, 5) is 10.9. The third-order valence-corrected chi connectivity index (χ3v) is 3.36. The molecule has 0 spiro atoms. The maximum absolute atomic E-state index is 10.9. The lowest BCUT2D eigenvalue weighted by Gasteiger charge is -2.24. The van der Waals surface area contributed by atoms with Gasteiger partial charge in [-0.15, -0.1) is 0 Å². The minimum Gasteiger partial charge on any atom is -0.489 e. The lowest BCUT2D eigenvalue weighted by molar-refractivity contribution is -0.131. The van der Waals surface area contributed by atoms with E-state index >= 15 is 0 Å². The van der Waals surface area contributed by atoms with Crippen molar-refractivity contribution in [1.29, 1.82) is 0 Å². The first-order valence-corrected chi connectivity index (χ1v) is 6.80. The Balaban J connectivity index is 2.02. The number of hydrogen-bond donors (Lipinski definition) is 1. The average Bonchev–Trinajstić information content (AvgIpc) is 2.33. The van der Waals surface area contributed by atoms with Crippen LogP contribution in [0.4, 0.5) is 0 Å². The molecule has 4 nitrogen and oxygen atoms in total. The van der Waals surface area contributed by atoms with Gasteiger partial charge in [-0.05, 0) is 60.1 Å². The van der Waals surface area contributed by atoms with Gasteiger partial charge in [-0.1, -0.05) is 0 Å². The highest BCUT2D eigenvalue weighted by Gasteiger charge is 2.16. The second-order valence-corrected chi connectivity index (χ2v) is 5.11. The highest BCUT2D eigenvalue weighted by Crippen LogP contribution is 2.31. The molecule has 1 N–H and O–H groups in total. The molecule has 1 aliphatic heterocycles. The molecule has 0 bridgehead atoms. The number of hydrogen-bond acceptors (Lipinski definition) is 4. The van der Waals surface area contributed by atoms with Crippen LogP contribution in [0.5, 0.6) is 11.5 Å². The molecule has 2 rings (SSSR count). The topological polar surface area (TPSA) is 47.6 Å².